The molecule has 13 heteroatoms. The van der Waals surface area contributed by atoms with Crippen molar-refractivity contribution in [3.8, 4) is 0 Å². The molecule has 3 aliphatic carbocycles. The Morgan fingerprint density at radius 3 is 2.04 bits per heavy atom. The molecular weight excluding hydrogens is 683 g/mol. The predicted molar refractivity (Wildman–Crippen MR) is 202 cm³/mol. The summed E-state index contributed by atoms with van der Waals surface area (Å²) in [6.07, 6.45) is 12.1. The lowest BCUT2D eigenvalue weighted by Gasteiger charge is -2.44. The summed E-state index contributed by atoms with van der Waals surface area (Å²) in [4.78, 5) is 70.8. The number of carbonyl (C=O) groups is 5. The van der Waals surface area contributed by atoms with Crippen LogP contribution in [0.25, 0.3) is 0 Å². The summed E-state index contributed by atoms with van der Waals surface area (Å²) in [7, 11) is -3.57. The predicted octanol–water partition coefficient (Wildman–Crippen LogP) is 4.57. The Morgan fingerprint density at radius 1 is 0.904 bits per heavy atom. The van der Waals surface area contributed by atoms with Crippen molar-refractivity contribution in [1.29, 1.82) is 0 Å². The lowest BCUT2D eigenvalue weighted by Crippen LogP contribution is -2.64. The SMILES string of the molecule is C=CCNC(=O)C(=O)[C@H](CC1CC1)NC(=O)[C@@H]1[C@@H](C(C)C)CCN1C(=O)[C@@H](NC(=O)NC1(CS(=O)(=O)C(C)(C)C)CCCCC1)C1(C)CCCCC1. The maximum Gasteiger partial charge on any atom is 0.315 e. The number of hydrogen-bond acceptors (Lipinski definition) is 7. The van der Waals surface area contributed by atoms with Crippen molar-refractivity contribution in [2.75, 3.05) is 18.8 Å². The number of rotatable bonds is 15. The molecule has 12 nitrogen and oxygen atoms in total. The quantitative estimate of drug-likeness (QED) is 0.141. The summed E-state index contributed by atoms with van der Waals surface area (Å²) in [6, 6.07) is -3.43. The first-order valence-corrected chi connectivity index (χ1v) is 21.3. The fraction of sp³-hybridized carbons (Fsp3) is 0.821. The number of urea groups is 1. The molecule has 4 rings (SSSR count). The van der Waals surface area contributed by atoms with Crippen LogP contribution in [-0.2, 0) is 29.0 Å². The van der Waals surface area contributed by atoms with Gasteiger partial charge in [0.2, 0.25) is 17.6 Å². The van der Waals surface area contributed by atoms with Gasteiger partial charge in [-0.05, 0) is 82.5 Å². The Morgan fingerprint density at radius 2 is 1.50 bits per heavy atom. The third-order valence-electron chi connectivity index (χ3n) is 12.2. The Kier molecular flexibility index (Phi) is 13.7. The summed E-state index contributed by atoms with van der Waals surface area (Å²) < 4.78 is 25.9. The monoisotopic (exact) mass is 747 g/mol. The molecule has 1 heterocycles. The zero-order chi connectivity index (χ0) is 38.5. The van der Waals surface area contributed by atoms with Gasteiger partial charge >= 0.3 is 6.03 Å². The molecule has 4 atom stereocenters. The first kappa shape index (κ1) is 41.8. The van der Waals surface area contributed by atoms with Crippen LogP contribution in [-0.4, -0.2) is 90.1 Å². The van der Waals surface area contributed by atoms with Gasteiger partial charge in [0.05, 0.1) is 22.1 Å². The molecule has 294 valence electrons. The second-order valence-electron chi connectivity index (χ2n) is 17.7. The number of hydrogen-bond donors (Lipinski definition) is 4. The van der Waals surface area contributed by atoms with E-state index in [-0.39, 0.29) is 36.0 Å². The minimum atomic E-state index is -3.57. The maximum absolute atomic E-state index is 14.9. The Bertz CT molecular complexity index is 1440. The van der Waals surface area contributed by atoms with Gasteiger partial charge in [-0.2, -0.15) is 0 Å². The Labute approximate surface area is 311 Å². The highest BCUT2D eigenvalue weighted by Gasteiger charge is 2.51. The number of ketones is 1. The van der Waals surface area contributed by atoms with Crippen LogP contribution in [0.4, 0.5) is 4.79 Å². The molecule has 0 radical (unpaired) electrons. The van der Waals surface area contributed by atoms with E-state index in [0.717, 1.165) is 51.4 Å². The van der Waals surface area contributed by atoms with Crippen LogP contribution < -0.4 is 21.3 Å². The van der Waals surface area contributed by atoms with E-state index in [1.807, 2.05) is 20.8 Å². The van der Waals surface area contributed by atoms with Crippen LogP contribution >= 0.6 is 0 Å². The number of likely N-dealkylation sites (tertiary alicyclic amines) is 1. The van der Waals surface area contributed by atoms with Crippen molar-refractivity contribution in [2.45, 2.75) is 160 Å². The highest BCUT2D eigenvalue weighted by molar-refractivity contribution is 7.92. The van der Waals surface area contributed by atoms with Crippen LogP contribution in [0.15, 0.2) is 12.7 Å². The number of nitrogens with one attached hydrogen (secondary N) is 4. The van der Waals surface area contributed by atoms with Crippen molar-refractivity contribution < 1.29 is 32.4 Å². The maximum atomic E-state index is 14.9. The fourth-order valence-electron chi connectivity index (χ4n) is 8.55. The van der Waals surface area contributed by atoms with E-state index in [1.54, 1.807) is 25.7 Å². The summed E-state index contributed by atoms with van der Waals surface area (Å²) in [5, 5.41) is 11.5. The highest BCUT2D eigenvalue weighted by atomic mass is 32.2. The molecule has 0 aromatic rings. The van der Waals surface area contributed by atoms with Gasteiger partial charge in [0.15, 0.2) is 9.84 Å². The van der Waals surface area contributed by atoms with Gasteiger partial charge in [0.25, 0.3) is 5.91 Å². The first-order valence-electron chi connectivity index (χ1n) is 19.7. The second kappa shape index (κ2) is 17.0. The molecule has 4 N–H and O–H groups in total. The van der Waals surface area contributed by atoms with Gasteiger partial charge in [-0.15, -0.1) is 6.58 Å². The number of sulfone groups is 1. The van der Waals surface area contributed by atoms with Crippen molar-refractivity contribution >= 4 is 39.4 Å². The molecule has 4 fully saturated rings. The Hall–Kier alpha value is -2.96. The molecule has 0 aromatic carbocycles. The molecule has 0 aromatic heterocycles. The van der Waals surface area contributed by atoms with E-state index < -0.39 is 67.3 Å². The third kappa shape index (κ3) is 10.2. The van der Waals surface area contributed by atoms with E-state index in [0.29, 0.717) is 45.1 Å². The van der Waals surface area contributed by atoms with Crippen LogP contribution in [0.1, 0.15) is 131 Å². The van der Waals surface area contributed by atoms with Gasteiger partial charge in [0.1, 0.15) is 12.1 Å². The van der Waals surface area contributed by atoms with Gasteiger partial charge in [-0.25, -0.2) is 13.2 Å². The van der Waals surface area contributed by atoms with Gasteiger partial charge in [-0.1, -0.05) is 78.2 Å². The number of amides is 5. The molecule has 52 heavy (non-hydrogen) atoms. The van der Waals surface area contributed by atoms with Crippen molar-refractivity contribution in [3.05, 3.63) is 12.7 Å². The fourth-order valence-corrected chi connectivity index (χ4v) is 10.1. The number of nitrogens with zero attached hydrogens (tertiary/aromatic N) is 1. The van der Waals surface area contributed by atoms with Crippen molar-refractivity contribution in [3.63, 3.8) is 0 Å². The average molecular weight is 748 g/mol. The smallest absolute Gasteiger partial charge is 0.315 e. The van der Waals surface area contributed by atoms with E-state index in [2.05, 4.69) is 27.8 Å². The van der Waals surface area contributed by atoms with E-state index in [9.17, 15) is 32.4 Å². The molecule has 5 amide bonds. The molecule has 1 saturated heterocycles. The van der Waals surface area contributed by atoms with Crippen LogP contribution in [0.2, 0.25) is 0 Å². The topological polar surface area (TPSA) is 171 Å². The number of Topliss-reactive ketones (excluding diaryl/α,β-unsaturated/α-hetero) is 1. The molecular formula is C39H65N5O7S. The van der Waals surface area contributed by atoms with Crippen molar-refractivity contribution in [1.82, 2.24) is 26.2 Å². The summed E-state index contributed by atoms with van der Waals surface area (Å²) >= 11 is 0. The Balaban J connectivity index is 1.61. The average Bonchev–Trinajstić information content (AvgIpc) is 3.77. The molecule has 0 bridgehead atoms. The van der Waals surface area contributed by atoms with Gasteiger partial charge in [-0.3, -0.25) is 19.2 Å². The largest absolute Gasteiger partial charge is 0.346 e. The number of carbonyl (C=O) groups excluding carboxylic acids is 5. The summed E-state index contributed by atoms with van der Waals surface area (Å²) in [6.45, 7) is 15.1. The summed E-state index contributed by atoms with van der Waals surface area (Å²) in [5.74, 6) is -2.40. The second-order valence-corrected chi connectivity index (χ2v) is 20.5. The molecule has 1 aliphatic heterocycles. The highest BCUT2D eigenvalue weighted by Crippen LogP contribution is 2.42. The molecule has 3 saturated carbocycles. The van der Waals surface area contributed by atoms with Crippen LogP contribution in [0.5, 0.6) is 0 Å². The summed E-state index contributed by atoms with van der Waals surface area (Å²) in [5.41, 5.74) is -1.54. The normalized spacial score (nSPS) is 24.3. The lowest BCUT2D eigenvalue weighted by molar-refractivity contribution is -0.145. The lowest BCUT2D eigenvalue weighted by atomic mass is 9.70. The minimum Gasteiger partial charge on any atom is -0.346 e. The zero-order valence-electron chi connectivity index (χ0n) is 32.5. The molecule has 0 unspecified atom stereocenters. The van der Waals surface area contributed by atoms with Gasteiger partial charge < -0.3 is 26.2 Å². The zero-order valence-corrected chi connectivity index (χ0v) is 33.3. The van der Waals surface area contributed by atoms with E-state index >= 15 is 0 Å². The third-order valence-corrected chi connectivity index (χ3v) is 15.0. The van der Waals surface area contributed by atoms with E-state index in [4.69, 9.17) is 0 Å². The van der Waals surface area contributed by atoms with Crippen molar-refractivity contribution in [2.24, 2.45) is 23.2 Å². The standard InChI is InChI=1S/C39H65N5O7S/c1-8-22-40-34(47)31(45)29(24-27-15-16-27)41-33(46)30-28(26(2)3)17-23-44(30)35(48)32(38(7)18-11-9-12-19-38)42-36(49)43-39(20-13-10-14-21-39)25-52(50,51)37(4,5)6/h8,26-30,32H,1,9-25H2,2-7H3,(H,40,47)(H,41,46)(H2,42,43,49)/t28-,29+,30+,32-/m1/s1. The minimum absolute atomic E-state index is 0.0397. The van der Waals surface area contributed by atoms with Gasteiger partial charge in [0, 0.05) is 13.1 Å². The molecule has 4 aliphatic rings. The van der Waals surface area contributed by atoms with E-state index in [1.165, 1.54) is 6.08 Å². The van der Waals surface area contributed by atoms with Crippen LogP contribution in [0.3, 0.4) is 0 Å². The first-order chi connectivity index (χ1) is 24.3. The van der Waals surface area contributed by atoms with Crippen LogP contribution in [0, 0.1) is 23.2 Å². The molecule has 0 spiro atoms.